The average molecular weight is 292 g/mol. The Morgan fingerprint density at radius 3 is 2.67 bits per heavy atom. The number of hydrogen-bond acceptors (Lipinski definition) is 7. The third-order valence-electron chi connectivity index (χ3n) is 2.36. The monoisotopic (exact) mass is 292 g/mol. The van der Waals surface area contributed by atoms with Crippen LogP contribution in [0.2, 0.25) is 0 Å². The first-order valence-corrected chi connectivity index (χ1v) is 5.62. The smallest absolute Gasteiger partial charge is 0.314 e. The minimum Gasteiger partial charge on any atom is -0.496 e. The number of hydrogen-bond donors (Lipinski definition) is 1. The molecule has 0 heterocycles. The highest BCUT2D eigenvalue weighted by Gasteiger charge is 2.18. The van der Waals surface area contributed by atoms with Crippen molar-refractivity contribution < 1.29 is 19.2 Å². The number of nitriles is 1. The van der Waals surface area contributed by atoms with Crippen LogP contribution in [0.4, 0.5) is 5.69 Å². The number of benzene rings is 1. The molecule has 0 fully saturated rings. The zero-order valence-electron chi connectivity index (χ0n) is 11.3. The van der Waals surface area contributed by atoms with Gasteiger partial charge in [-0.2, -0.15) is 10.4 Å². The molecule has 0 radical (unpaired) electrons. The lowest BCUT2D eigenvalue weighted by molar-refractivity contribution is -0.385. The average Bonchev–Trinajstić information content (AvgIpc) is 2.46. The first kappa shape index (κ1) is 15.9. The maximum Gasteiger partial charge on any atom is 0.314 e. The standard InChI is InChI=1S/C12H12N4O5/c1-20-10-6-9(16(18)19)11(21-2)5-8(10)7-14-15-12(17)3-4-13/h5-7H,3H2,1-2H3,(H,15,17)/b14-7+. The van der Waals surface area contributed by atoms with Crippen LogP contribution in [0.5, 0.6) is 11.5 Å². The minimum atomic E-state index is -0.600. The van der Waals surface area contributed by atoms with E-state index in [4.69, 9.17) is 14.7 Å². The number of nitro benzene ring substituents is 1. The lowest BCUT2D eigenvalue weighted by atomic mass is 10.2. The molecule has 0 saturated heterocycles. The van der Waals surface area contributed by atoms with Crippen molar-refractivity contribution in [2.45, 2.75) is 6.42 Å². The summed E-state index contributed by atoms with van der Waals surface area (Å²) in [7, 11) is 2.64. The number of amides is 1. The first-order valence-electron chi connectivity index (χ1n) is 5.62. The molecule has 1 aromatic carbocycles. The molecule has 110 valence electrons. The Hall–Kier alpha value is -3.15. The fourth-order valence-electron chi connectivity index (χ4n) is 1.43. The van der Waals surface area contributed by atoms with Crippen molar-refractivity contribution in [3.05, 3.63) is 27.8 Å². The molecule has 0 aliphatic rings. The number of carbonyl (C=O) groups excluding carboxylic acids is 1. The normalized spacial score (nSPS) is 9.95. The highest BCUT2D eigenvalue weighted by Crippen LogP contribution is 2.33. The second-order valence-electron chi connectivity index (χ2n) is 3.65. The Balaban J connectivity index is 3.07. The molecule has 0 aliphatic heterocycles. The van der Waals surface area contributed by atoms with Crippen LogP contribution in [0.3, 0.4) is 0 Å². The van der Waals surface area contributed by atoms with Gasteiger partial charge in [0.05, 0.1) is 37.5 Å². The van der Waals surface area contributed by atoms with Gasteiger partial charge in [0.25, 0.3) is 5.91 Å². The predicted molar refractivity (Wildman–Crippen MR) is 72.2 cm³/mol. The van der Waals surface area contributed by atoms with Gasteiger partial charge in [-0.1, -0.05) is 0 Å². The number of hydrazone groups is 1. The van der Waals surface area contributed by atoms with E-state index in [0.717, 1.165) is 0 Å². The molecule has 0 bridgehead atoms. The summed E-state index contributed by atoms with van der Waals surface area (Å²) in [6.45, 7) is 0. The van der Waals surface area contributed by atoms with Crippen molar-refractivity contribution in [3.8, 4) is 17.6 Å². The van der Waals surface area contributed by atoms with Crippen LogP contribution in [0.15, 0.2) is 17.2 Å². The number of nitrogens with zero attached hydrogens (tertiary/aromatic N) is 3. The van der Waals surface area contributed by atoms with Crippen molar-refractivity contribution in [1.29, 1.82) is 5.26 Å². The van der Waals surface area contributed by atoms with E-state index in [9.17, 15) is 14.9 Å². The highest BCUT2D eigenvalue weighted by molar-refractivity contribution is 5.87. The summed E-state index contributed by atoms with van der Waals surface area (Å²) in [6.07, 6.45) is 0.915. The summed E-state index contributed by atoms with van der Waals surface area (Å²) >= 11 is 0. The predicted octanol–water partition coefficient (Wildman–Crippen LogP) is 0.976. The summed E-state index contributed by atoms with van der Waals surface area (Å²) in [5.74, 6) is -0.340. The third kappa shape index (κ3) is 4.17. The maximum absolute atomic E-state index is 11.1. The van der Waals surface area contributed by atoms with Gasteiger partial charge in [-0.25, -0.2) is 5.43 Å². The van der Waals surface area contributed by atoms with Gasteiger partial charge in [0, 0.05) is 5.56 Å². The molecule has 1 amide bonds. The van der Waals surface area contributed by atoms with E-state index in [2.05, 4.69) is 10.5 Å². The van der Waals surface area contributed by atoms with Gasteiger partial charge in [0.1, 0.15) is 12.2 Å². The molecule has 21 heavy (non-hydrogen) atoms. The quantitative estimate of drug-likeness (QED) is 0.473. The molecule has 1 N–H and O–H groups in total. The molecule has 0 atom stereocenters. The lowest BCUT2D eigenvalue weighted by Crippen LogP contribution is -2.16. The van der Waals surface area contributed by atoms with E-state index in [1.807, 2.05) is 0 Å². The van der Waals surface area contributed by atoms with E-state index >= 15 is 0 Å². The van der Waals surface area contributed by atoms with Crippen LogP contribution in [0.1, 0.15) is 12.0 Å². The zero-order valence-corrected chi connectivity index (χ0v) is 11.3. The third-order valence-corrected chi connectivity index (χ3v) is 2.36. The van der Waals surface area contributed by atoms with Crippen LogP contribution in [0.25, 0.3) is 0 Å². The molecule has 9 nitrogen and oxygen atoms in total. The summed E-state index contributed by atoms with van der Waals surface area (Å²) in [5.41, 5.74) is 2.26. The van der Waals surface area contributed by atoms with E-state index in [-0.39, 0.29) is 23.6 Å². The summed E-state index contributed by atoms with van der Waals surface area (Å²) in [5, 5.41) is 22.8. The highest BCUT2D eigenvalue weighted by atomic mass is 16.6. The lowest BCUT2D eigenvalue weighted by Gasteiger charge is -2.07. The van der Waals surface area contributed by atoms with Crippen LogP contribution >= 0.6 is 0 Å². The van der Waals surface area contributed by atoms with Gasteiger partial charge in [0.15, 0.2) is 5.75 Å². The molecule has 0 saturated carbocycles. The maximum atomic E-state index is 11.1. The van der Waals surface area contributed by atoms with Gasteiger partial charge < -0.3 is 9.47 Å². The van der Waals surface area contributed by atoms with Crippen molar-refractivity contribution in [2.75, 3.05) is 14.2 Å². The van der Waals surface area contributed by atoms with Gasteiger partial charge >= 0.3 is 5.69 Å². The second kappa shape index (κ2) is 7.44. The van der Waals surface area contributed by atoms with Gasteiger partial charge in [-0.05, 0) is 6.07 Å². The Labute approximate surface area is 119 Å². The Kier molecular flexibility index (Phi) is 5.64. The van der Waals surface area contributed by atoms with Crippen molar-refractivity contribution in [1.82, 2.24) is 5.43 Å². The molecule has 1 rings (SSSR count). The Morgan fingerprint density at radius 2 is 2.14 bits per heavy atom. The van der Waals surface area contributed by atoms with Crippen LogP contribution in [0, 0.1) is 21.4 Å². The number of ether oxygens (including phenoxy) is 2. The van der Waals surface area contributed by atoms with Gasteiger partial charge in [-0.15, -0.1) is 0 Å². The number of rotatable bonds is 6. The topological polar surface area (TPSA) is 127 Å². The second-order valence-corrected chi connectivity index (χ2v) is 3.65. The van der Waals surface area contributed by atoms with E-state index in [1.54, 1.807) is 6.07 Å². The fraction of sp³-hybridized carbons (Fsp3) is 0.250. The Morgan fingerprint density at radius 1 is 1.48 bits per heavy atom. The van der Waals surface area contributed by atoms with E-state index in [0.29, 0.717) is 5.56 Å². The van der Waals surface area contributed by atoms with Gasteiger partial charge in [0.2, 0.25) is 0 Å². The molecule has 1 aromatic rings. The molecule has 0 unspecified atom stereocenters. The molecular formula is C12H12N4O5. The molecular weight excluding hydrogens is 280 g/mol. The zero-order chi connectivity index (χ0) is 15.8. The Bertz CT molecular complexity index is 621. The molecule has 0 aliphatic carbocycles. The van der Waals surface area contributed by atoms with Crippen molar-refractivity contribution in [3.63, 3.8) is 0 Å². The summed E-state index contributed by atoms with van der Waals surface area (Å²) < 4.78 is 9.95. The van der Waals surface area contributed by atoms with Crippen LogP contribution < -0.4 is 14.9 Å². The summed E-state index contributed by atoms with van der Waals surface area (Å²) in [6, 6.07) is 4.22. The number of methoxy groups -OCH3 is 2. The van der Waals surface area contributed by atoms with E-state index in [1.165, 1.54) is 32.6 Å². The minimum absolute atomic E-state index is 0.0330. The number of nitro groups is 1. The fourth-order valence-corrected chi connectivity index (χ4v) is 1.43. The molecule has 0 spiro atoms. The number of nitrogens with one attached hydrogen (secondary N) is 1. The first-order chi connectivity index (χ1) is 10.0. The number of carbonyl (C=O) groups is 1. The summed E-state index contributed by atoms with van der Waals surface area (Å²) in [4.78, 5) is 21.3. The van der Waals surface area contributed by atoms with Crippen molar-refractivity contribution in [2.24, 2.45) is 5.10 Å². The molecule has 0 aromatic heterocycles. The molecule has 9 heteroatoms. The van der Waals surface area contributed by atoms with Crippen LogP contribution in [-0.4, -0.2) is 31.3 Å². The van der Waals surface area contributed by atoms with Crippen molar-refractivity contribution >= 4 is 17.8 Å². The van der Waals surface area contributed by atoms with Gasteiger partial charge in [-0.3, -0.25) is 14.9 Å². The SMILES string of the molecule is COc1cc([N+](=O)[O-])c(OC)cc1/C=N/NC(=O)CC#N. The van der Waals surface area contributed by atoms with E-state index < -0.39 is 10.8 Å². The largest absolute Gasteiger partial charge is 0.496 e. The van der Waals surface area contributed by atoms with Crippen LogP contribution in [-0.2, 0) is 4.79 Å².